The largest absolute Gasteiger partial charge is 0.368 e. The van der Waals surface area contributed by atoms with Crippen molar-refractivity contribution in [2.24, 2.45) is 5.73 Å². The third-order valence-corrected chi connectivity index (χ3v) is 6.13. The molecule has 0 spiro atoms. The Hall–Kier alpha value is -1.47. The Morgan fingerprint density at radius 1 is 1.38 bits per heavy atom. The summed E-state index contributed by atoms with van der Waals surface area (Å²) in [6.07, 6.45) is 8.52. The third-order valence-electron chi connectivity index (χ3n) is 6.13. The number of aromatic nitrogens is 2. The van der Waals surface area contributed by atoms with Crippen molar-refractivity contribution in [1.82, 2.24) is 20.0 Å². The summed E-state index contributed by atoms with van der Waals surface area (Å²) in [4.78, 5) is 14.0. The average molecular weight is 335 g/mol. The number of carbonyl (C=O) groups excluding carboxylic acids is 1. The second-order valence-electron chi connectivity index (χ2n) is 7.77. The summed E-state index contributed by atoms with van der Waals surface area (Å²) in [5.41, 5.74) is 5.15. The summed E-state index contributed by atoms with van der Waals surface area (Å²) in [7, 11) is 0. The van der Waals surface area contributed by atoms with Gasteiger partial charge in [0.05, 0.1) is 6.20 Å². The summed E-state index contributed by atoms with van der Waals surface area (Å²) < 4.78 is 16.0. The first kappa shape index (κ1) is 16.0. The zero-order valence-corrected chi connectivity index (χ0v) is 14.0. The van der Waals surface area contributed by atoms with Gasteiger partial charge >= 0.3 is 0 Å². The fraction of sp³-hybridized carbons (Fsp3) is 0.765. The Bertz CT molecular complexity index is 614. The van der Waals surface area contributed by atoms with Crippen LogP contribution in [0.4, 0.5) is 4.39 Å². The van der Waals surface area contributed by atoms with E-state index in [1.54, 1.807) is 4.68 Å². The number of alkyl halides is 1. The molecule has 0 atom stereocenters. The van der Waals surface area contributed by atoms with Crippen molar-refractivity contribution in [3.63, 3.8) is 0 Å². The Kier molecular flexibility index (Phi) is 3.88. The maximum Gasteiger partial charge on any atom is 0.245 e. The number of nitrogens with zero attached hydrogens (tertiary/aromatic N) is 3. The summed E-state index contributed by atoms with van der Waals surface area (Å²) >= 11 is 0. The second kappa shape index (κ2) is 5.81. The van der Waals surface area contributed by atoms with Crippen LogP contribution in [0.2, 0.25) is 0 Å². The van der Waals surface area contributed by atoms with E-state index < -0.39 is 11.2 Å². The van der Waals surface area contributed by atoms with Crippen LogP contribution in [0.3, 0.4) is 0 Å². The van der Waals surface area contributed by atoms with E-state index in [2.05, 4.69) is 15.3 Å². The number of carbonyl (C=O) groups is 1. The minimum atomic E-state index is -1.03. The molecular weight excluding hydrogens is 309 g/mol. The fourth-order valence-corrected chi connectivity index (χ4v) is 4.21. The van der Waals surface area contributed by atoms with Crippen LogP contribution < -0.4 is 11.1 Å². The minimum Gasteiger partial charge on any atom is -0.368 e. The molecule has 3 fully saturated rings. The van der Waals surface area contributed by atoms with Crippen LogP contribution in [-0.2, 0) is 10.3 Å². The number of piperidine rings is 1. The smallest absolute Gasteiger partial charge is 0.245 e. The highest BCUT2D eigenvalue weighted by atomic mass is 19.1. The monoisotopic (exact) mass is 335 g/mol. The quantitative estimate of drug-likeness (QED) is 0.832. The van der Waals surface area contributed by atoms with Crippen LogP contribution in [0.1, 0.15) is 43.6 Å². The third kappa shape index (κ3) is 2.63. The van der Waals surface area contributed by atoms with Gasteiger partial charge < -0.3 is 16.0 Å². The van der Waals surface area contributed by atoms with E-state index in [4.69, 9.17) is 5.73 Å². The highest BCUT2D eigenvalue weighted by molar-refractivity contribution is 5.83. The van der Waals surface area contributed by atoms with Crippen LogP contribution in [0, 0.1) is 0 Å². The van der Waals surface area contributed by atoms with Crippen LogP contribution in [0.15, 0.2) is 12.4 Å². The van der Waals surface area contributed by atoms with Crippen LogP contribution in [0.25, 0.3) is 0 Å². The molecule has 0 bridgehead atoms. The van der Waals surface area contributed by atoms with Gasteiger partial charge in [0.25, 0.3) is 0 Å². The van der Waals surface area contributed by atoms with Crippen molar-refractivity contribution in [2.45, 2.75) is 49.2 Å². The van der Waals surface area contributed by atoms with Gasteiger partial charge in [-0.1, -0.05) is 0 Å². The van der Waals surface area contributed by atoms with Gasteiger partial charge in [0.2, 0.25) is 5.91 Å². The Labute approximate surface area is 141 Å². The average Bonchev–Trinajstić information content (AvgIpc) is 2.95. The summed E-state index contributed by atoms with van der Waals surface area (Å²) in [5, 5.41) is 7.45. The van der Waals surface area contributed by atoms with E-state index in [0.717, 1.165) is 45.2 Å². The molecule has 24 heavy (non-hydrogen) atoms. The summed E-state index contributed by atoms with van der Waals surface area (Å²) in [5.74, 6) is 0.163. The van der Waals surface area contributed by atoms with Gasteiger partial charge in [0.15, 0.2) is 0 Å². The number of primary amides is 1. The molecule has 3 heterocycles. The number of nitrogens with two attached hydrogens (primary N) is 1. The van der Waals surface area contributed by atoms with Crippen molar-refractivity contribution < 1.29 is 9.18 Å². The van der Waals surface area contributed by atoms with Gasteiger partial charge in [-0.25, -0.2) is 4.39 Å². The van der Waals surface area contributed by atoms with E-state index in [0.29, 0.717) is 25.6 Å². The lowest BCUT2D eigenvalue weighted by Crippen LogP contribution is -2.62. The minimum absolute atomic E-state index is 0.277. The number of hydrogen-bond donors (Lipinski definition) is 2. The lowest BCUT2D eigenvalue weighted by Gasteiger charge is -2.41. The standard InChI is InChI=1S/C17H26FN5O/c18-16(10-20-11-16)12-22-6-2-13(3-7-22)14-8-21-23(9-14)17(15(19)24)4-1-5-17/h8-9,13,20H,1-7,10-12H2,(H2,19,24). The molecule has 0 radical (unpaired) electrons. The highest BCUT2D eigenvalue weighted by Gasteiger charge is 2.45. The molecule has 132 valence electrons. The molecule has 6 nitrogen and oxygen atoms in total. The predicted molar refractivity (Wildman–Crippen MR) is 88.4 cm³/mol. The van der Waals surface area contributed by atoms with Crippen molar-refractivity contribution in [3.05, 3.63) is 18.0 Å². The van der Waals surface area contributed by atoms with Crippen LogP contribution >= 0.6 is 0 Å². The van der Waals surface area contributed by atoms with Crippen molar-refractivity contribution in [3.8, 4) is 0 Å². The number of rotatable bonds is 5. The number of halogens is 1. The molecule has 7 heteroatoms. The molecule has 4 rings (SSSR count). The van der Waals surface area contributed by atoms with Gasteiger partial charge in [-0.05, 0) is 56.7 Å². The van der Waals surface area contributed by atoms with Gasteiger partial charge in [-0.2, -0.15) is 5.10 Å². The number of amides is 1. The second-order valence-corrected chi connectivity index (χ2v) is 7.77. The first-order chi connectivity index (χ1) is 11.5. The number of likely N-dealkylation sites (tertiary alicyclic amines) is 1. The van der Waals surface area contributed by atoms with Crippen molar-refractivity contribution >= 4 is 5.91 Å². The van der Waals surface area contributed by atoms with Crippen molar-refractivity contribution in [1.29, 1.82) is 0 Å². The Balaban J connectivity index is 1.37. The molecule has 2 saturated heterocycles. The molecule has 2 aliphatic heterocycles. The van der Waals surface area contributed by atoms with E-state index in [1.165, 1.54) is 5.56 Å². The topological polar surface area (TPSA) is 76.2 Å². The zero-order valence-electron chi connectivity index (χ0n) is 14.0. The zero-order chi connectivity index (χ0) is 16.8. The predicted octanol–water partition coefficient (Wildman–Crippen LogP) is 0.738. The Morgan fingerprint density at radius 3 is 2.58 bits per heavy atom. The molecule has 0 unspecified atom stereocenters. The molecule has 3 N–H and O–H groups in total. The van der Waals surface area contributed by atoms with Gasteiger partial charge in [-0.3, -0.25) is 9.48 Å². The Morgan fingerprint density at radius 2 is 2.08 bits per heavy atom. The maximum absolute atomic E-state index is 14.2. The summed E-state index contributed by atoms with van der Waals surface area (Å²) in [6, 6.07) is 0. The normalized spacial score (nSPS) is 26.5. The molecule has 3 aliphatic rings. The molecular formula is C17H26FN5O. The van der Waals surface area contributed by atoms with Gasteiger partial charge in [-0.15, -0.1) is 0 Å². The highest BCUT2D eigenvalue weighted by Crippen LogP contribution is 2.39. The van der Waals surface area contributed by atoms with E-state index in [1.807, 2.05) is 12.4 Å². The molecule has 1 aromatic rings. The maximum atomic E-state index is 14.2. The molecule has 0 aromatic carbocycles. The molecule has 1 amide bonds. The first-order valence-corrected chi connectivity index (χ1v) is 8.98. The summed E-state index contributed by atoms with van der Waals surface area (Å²) in [6.45, 7) is 3.34. The molecule has 1 aromatic heterocycles. The number of nitrogens with one attached hydrogen (secondary N) is 1. The van der Waals surface area contributed by atoms with Crippen molar-refractivity contribution in [2.75, 3.05) is 32.7 Å². The van der Waals surface area contributed by atoms with E-state index in [9.17, 15) is 9.18 Å². The fourth-order valence-electron chi connectivity index (χ4n) is 4.21. The van der Waals surface area contributed by atoms with Crippen LogP contribution in [-0.4, -0.2) is 59.0 Å². The molecule has 1 saturated carbocycles. The first-order valence-electron chi connectivity index (χ1n) is 8.98. The van der Waals surface area contributed by atoms with Gasteiger partial charge in [0, 0.05) is 25.8 Å². The SMILES string of the molecule is NC(=O)C1(n2cc(C3CCN(CC4(F)CNC4)CC3)cn2)CCC1. The lowest BCUT2D eigenvalue weighted by atomic mass is 9.76. The van der Waals surface area contributed by atoms with Gasteiger partial charge in [0.1, 0.15) is 11.2 Å². The van der Waals surface area contributed by atoms with E-state index >= 15 is 0 Å². The lowest BCUT2D eigenvalue weighted by molar-refractivity contribution is -0.131. The van der Waals surface area contributed by atoms with E-state index in [-0.39, 0.29) is 5.91 Å². The molecule has 1 aliphatic carbocycles. The number of hydrogen-bond acceptors (Lipinski definition) is 4. The van der Waals surface area contributed by atoms with Crippen LogP contribution in [0.5, 0.6) is 0 Å².